The van der Waals surface area contributed by atoms with Gasteiger partial charge in [0.25, 0.3) is 0 Å². The third-order valence-electron chi connectivity index (χ3n) is 1.65. The minimum Gasteiger partial charge on any atom is -0.398 e. The highest BCUT2D eigenvalue weighted by atomic mass is 79.9. The summed E-state index contributed by atoms with van der Waals surface area (Å²) >= 11 is 6.49. The molecule has 1 unspecified atom stereocenters. The van der Waals surface area contributed by atoms with Gasteiger partial charge in [0, 0.05) is 15.7 Å². The molecule has 0 saturated heterocycles. The lowest BCUT2D eigenvalue weighted by Crippen LogP contribution is -2.09. The normalized spacial score (nSPS) is 12.5. The first kappa shape index (κ1) is 10.7. The predicted octanol–water partition coefficient (Wildman–Crippen LogP) is 3.00. The van der Waals surface area contributed by atoms with Crippen molar-refractivity contribution in [3.8, 4) is 0 Å². The Labute approximate surface area is 93.8 Å². The van der Waals surface area contributed by atoms with Crippen molar-refractivity contribution in [2.45, 2.75) is 11.8 Å². The number of hydrogen-bond acceptors (Lipinski definition) is 2. The van der Waals surface area contributed by atoms with Crippen LogP contribution in [0.1, 0.15) is 17.3 Å². The van der Waals surface area contributed by atoms with Crippen LogP contribution in [-0.4, -0.2) is 10.6 Å². The average Bonchev–Trinajstić information content (AvgIpc) is 2.08. The summed E-state index contributed by atoms with van der Waals surface area (Å²) in [5.41, 5.74) is 6.89. The zero-order valence-corrected chi connectivity index (χ0v) is 10.2. The number of ketones is 1. The summed E-state index contributed by atoms with van der Waals surface area (Å²) in [7, 11) is 0. The number of Topliss-reactive ketones (excluding diaryl/α,β-unsaturated/α-hetero) is 1. The monoisotopic (exact) mass is 305 g/mol. The lowest BCUT2D eigenvalue weighted by molar-refractivity contribution is 0.0996. The largest absolute Gasteiger partial charge is 0.398 e. The molecule has 0 radical (unpaired) electrons. The van der Waals surface area contributed by atoms with Gasteiger partial charge in [-0.2, -0.15) is 0 Å². The molecule has 2 N–H and O–H groups in total. The number of carbonyl (C=O) groups excluding carboxylic acids is 1. The molecular formula is C9H9Br2NO. The predicted molar refractivity (Wildman–Crippen MR) is 61.3 cm³/mol. The van der Waals surface area contributed by atoms with Crippen molar-refractivity contribution in [3.05, 3.63) is 28.2 Å². The minimum atomic E-state index is -0.164. The highest BCUT2D eigenvalue weighted by Crippen LogP contribution is 2.22. The van der Waals surface area contributed by atoms with Gasteiger partial charge >= 0.3 is 0 Å². The zero-order chi connectivity index (χ0) is 10.0. The number of nitrogen functional groups attached to an aromatic ring is 1. The van der Waals surface area contributed by atoms with Crippen LogP contribution < -0.4 is 5.73 Å². The van der Waals surface area contributed by atoms with Gasteiger partial charge in [0.1, 0.15) is 0 Å². The van der Waals surface area contributed by atoms with Gasteiger partial charge in [0.05, 0.1) is 4.83 Å². The molecule has 0 amide bonds. The fourth-order valence-electron chi connectivity index (χ4n) is 0.910. The lowest BCUT2D eigenvalue weighted by atomic mass is 10.1. The van der Waals surface area contributed by atoms with Crippen LogP contribution in [0.4, 0.5) is 5.69 Å². The van der Waals surface area contributed by atoms with Crippen LogP contribution in [0.25, 0.3) is 0 Å². The number of alkyl halides is 1. The first-order valence-electron chi connectivity index (χ1n) is 3.75. The van der Waals surface area contributed by atoms with Gasteiger partial charge in [-0.25, -0.2) is 0 Å². The Kier molecular flexibility index (Phi) is 3.50. The Morgan fingerprint density at radius 1 is 1.54 bits per heavy atom. The van der Waals surface area contributed by atoms with E-state index in [-0.39, 0.29) is 10.6 Å². The third kappa shape index (κ3) is 2.54. The zero-order valence-electron chi connectivity index (χ0n) is 7.05. The van der Waals surface area contributed by atoms with E-state index in [0.29, 0.717) is 11.3 Å². The summed E-state index contributed by atoms with van der Waals surface area (Å²) in [5, 5.41) is 0. The van der Waals surface area contributed by atoms with Gasteiger partial charge in [0.15, 0.2) is 5.78 Å². The molecule has 0 aliphatic carbocycles. The summed E-state index contributed by atoms with van der Waals surface area (Å²) < 4.78 is 0.756. The van der Waals surface area contributed by atoms with Gasteiger partial charge in [-0.3, -0.25) is 4.79 Å². The molecule has 2 nitrogen and oxygen atoms in total. The van der Waals surface area contributed by atoms with Crippen LogP contribution in [0, 0.1) is 0 Å². The summed E-state index contributed by atoms with van der Waals surface area (Å²) in [5.74, 6) is 0.0562. The van der Waals surface area contributed by atoms with Gasteiger partial charge in [-0.1, -0.05) is 15.9 Å². The second-order valence-corrected chi connectivity index (χ2v) is 4.94. The molecule has 4 heteroatoms. The van der Waals surface area contributed by atoms with Gasteiger partial charge in [-0.05, 0) is 41.1 Å². The van der Waals surface area contributed by atoms with E-state index in [9.17, 15) is 4.79 Å². The molecule has 0 heterocycles. The second-order valence-electron chi connectivity index (χ2n) is 2.72. The molecule has 0 aliphatic rings. The molecule has 0 fully saturated rings. The number of benzene rings is 1. The molecule has 0 saturated carbocycles. The summed E-state index contributed by atoms with van der Waals surface area (Å²) in [4.78, 5) is 11.3. The Hall–Kier alpha value is -0.350. The van der Waals surface area contributed by atoms with Crippen molar-refractivity contribution in [2.75, 3.05) is 5.73 Å². The fourth-order valence-corrected chi connectivity index (χ4v) is 1.55. The van der Waals surface area contributed by atoms with E-state index >= 15 is 0 Å². The van der Waals surface area contributed by atoms with Crippen molar-refractivity contribution < 1.29 is 4.79 Å². The summed E-state index contributed by atoms with van der Waals surface area (Å²) in [6, 6.07) is 5.17. The van der Waals surface area contributed by atoms with E-state index in [1.54, 1.807) is 25.1 Å². The maximum absolute atomic E-state index is 11.5. The second kappa shape index (κ2) is 4.24. The maximum Gasteiger partial charge on any atom is 0.176 e. The van der Waals surface area contributed by atoms with Crippen molar-refractivity contribution in [2.24, 2.45) is 0 Å². The quantitative estimate of drug-likeness (QED) is 0.518. The standard InChI is InChI=1S/C9H9Br2NO/c1-5(10)9(13)6-2-3-8(12)7(11)4-6/h2-5H,12H2,1H3. The molecule has 13 heavy (non-hydrogen) atoms. The maximum atomic E-state index is 11.5. The van der Waals surface area contributed by atoms with Crippen molar-refractivity contribution in [3.63, 3.8) is 0 Å². The number of anilines is 1. The van der Waals surface area contributed by atoms with Crippen LogP contribution in [0.5, 0.6) is 0 Å². The molecule has 1 aromatic carbocycles. The molecule has 1 atom stereocenters. The molecule has 1 aromatic rings. The van der Waals surface area contributed by atoms with E-state index in [4.69, 9.17) is 5.73 Å². The van der Waals surface area contributed by atoms with Crippen molar-refractivity contribution >= 4 is 43.3 Å². The van der Waals surface area contributed by atoms with E-state index in [1.807, 2.05) is 0 Å². The van der Waals surface area contributed by atoms with E-state index in [1.165, 1.54) is 0 Å². The summed E-state index contributed by atoms with van der Waals surface area (Å²) in [6.45, 7) is 1.80. The topological polar surface area (TPSA) is 43.1 Å². The summed E-state index contributed by atoms with van der Waals surface area (Å²) in [6.07, 6.45) is 0. The van der Waals surface area contributed by atoms with Gasteiger partial charge < -0.3 is 5.73 Å². The fraction of sp³-hybridized carbons (Fsp3) is 0.222. The Morgan fingerprint density at radius 2 is 2.15 bits per heavy atom. The molecule has 1 rings (SSSR count). The van der Waals surface area contributed by atoms with Crippen LogP contribution in [0.2, 0.25) is 0 Å². The molecule has 0 spiro atoms. The number of carbonyl (C=O) groups is 1. The molecule has 0 aliphatic heterocycles. The number of halogens is 2. The van der Waals surface area contributed by atoms with Crippen LogP contribution in [0.15, 0.2) is 22.7 Å². The van der Waals surface area contributed by atoms with E-state index in [2.05, 4.69) is 31.9 Å². The first-order chi connectivity index (χ1) is 6.02. The smallest absolute Gasteiger partial charge is 0.176 e. The highest BCUT2D eigenvalue weighted by molar-refractivity contribution is 9.10. The SMILES string of the molecule is CC(Br)C(=O)c1ccc(N)c(Br)c1. The van der Waals surface area contributed by atoms with Crippen LogP contribution >= 0.6 is 31.9 Å². The van der Waals surface area contributed by atoms with Gasteiger partial charge in [-0.15, -0.1) is 0 Å². The molecule has 0 aromatic heterocycles. The average molecular weight is 307 g/mol. The molecular weight excluding hydrogens is 298 g/mol. The molecule has 0 bridgehead atoms. The van der Waals surface area contributed by atoms with Crippen LogP contribution in [-0.2, 0) is 0 Å². The minimum absolute atomic E-state index is 0.0562. The number of rotatable bonds is 2. The van der Waals surface area contributed by atoms with Crippen molar-refractivity contribution in [1.82, 2.24) is 0 Å². The van der Waals surface area contributed by atoms with E-state index in [0.717, 1.165) is 4.47 Å². The highest BCUT2D eigenvalue weighted by Gasteiger charge is 2.12. The van der Waals surface area contributed by atoms with E-state index < -0.39 is 0 Å². The third-order valence-corrected chi connectivity index (χ3v) is 2.75. The Balaban J connectivity index is 3.04. The Bertz CT molecular complexity index is 336. The lowest BCUT2D eigenvalue weighted by Gasteiger charge is -2.04. The number of hydrogen-bond donors (Lipinski definition) is 1. The first-order valence-corrected chi connectivity index (χ1v) is 5.46. The van der Waals surface area contributed by atoms with Crippen molar-refractivity contribution in [1.29, 1.82) is 0 Å². The van der Waals surface area contributed by atoms with Crippen LogP contribution in [0.3, 0.4) is 0 Å². The van der Waals surface area contributed by atoms with Gasteiger partial charge in [0.2, 0.25) is 0 Å². The Morgan fingerprint density at radius 3 is 2.62 bits per heavy atom. The molecule has 70 valence electrons. The number of nitrogens with two attached hydrogens (primary N) is 1.